The maximum absolute atomic E-state index is 5.35. The third-order valence-electron chi connectivity index (χ3n) is 3.15. The van der Waals surface area contributed by atoms with Crippen molar-refractivity contribution in [3.05, 3.63) is 10.6 Å². The van der Waals surface area contributed by atoms with Gasteiger partial charge in [0.2, 0.25) is 0 Å². The molecule has 0 bridgehead atoms. The van der Waals surface area contributed by atoms with E-state index in [9.17, 15) is 0 Å². The van der Waals surface area contributed by atoms with E-state index in [1.165, 1.54) is 12.8 Å². The van der Waals surface area contributed by atoms with Crippen LogP contribution in [0.5, 0.6) is 0 Å². The Morgan fingerprint density at radius 2 is 1.85 bits per heavy atom. The molecule has 0 N–H and O–H groups in total. The van der Waals surface area contributed by atoms with E-state index in [1.807, 2.05) is 0 Å². The van der Waals surface area contributed by atoms with Gasteiger partial charge in [-0.05, 0) is 0 Å². The van der Waals surface area contributed by atoms with Crippen molar-refractivity contribution in [3.8, 4) is 0 Å². The first-order valence-corrected chi connectivity index (χ1v) is 11.1. The van der Waals surface area contributed by atoms with Gasteiger partial charge in [-0.2, -0.15) is 12.6 Å². The molecule has 0 saturated carbocycles. The van der Waals surface area contributed by atoms with Crippen LogP contribution in [0.25, 0.3) is 10.6 Å². The van der Waals surface area contributed by atoms with Crippen molar-refractivity contribution < 1.29 is 25.9 Å². The van der Waals surface area contributed by atoms with Crippen LogP contribution in [0.4, 0.5) is 0 Å². The van der Waals surface area contributed by atoms with E-state index in [0.717, 1.165) is 32.1 Å². The van der Waals surface area contributed by atoms with Crippen LogP contribution in [0.2, 0.25) is 6.04 Å². The third kappa shape index (κ3) is 9.18. The summed E-state index contributed by atoms with van der Waals surface area (Å²) >= 11 is 0.569. The summed E-state index contributed by atoms with van der Waals surface area (Å²) in [6, 6.07) is 1.30. The monoisotopic (exact) mass is 388 g/mol. The molecule has 1 atom stereocenters. The summed E-state index contributed by atoms with van der Waals surface area (Å²) in [5.41, 5.74) is 0. The molecule has 124 valence electrons. The van der Waals surface area contributed by atoms with Crippen molar-refractivity contribution in [1.82, 2.24) is 0 Å². The van der Waals surface area contributed by atoms with Crippen molar-refractivity contribution in [2.75, 3.05) is 41.0 Å². The normalized spacial score (nSPS) is 18.9. The molecule has 0 aromatic carbocycles. The summed E-state index contributed by atoms with van der Waals surface area (Å²) in [5, 5.41) is 8.99. The van der Waals surface area contributed by atoms with Gasteiger partial charge in [-0.15, -0.1) is 13.1 Å². The van der Waals surface area contributed by atoms with Crippen molar-refractivity contribution in [2.45, 2.75) is 31.3 Å². The summed E-state index contributed by atoms with van der Waals surface area (Å²) in [7, 11) is 12.0. The molecule has 1 saturated heterocycles. The maximum atomic E-state index is 5.35. The molecule has 5 nitrogen and oxygen atoms in total. The van der Waals surface area contributed by atoms with Gasteiger partial charge in [0.1, 0.15) is 0 Å². The molecule has 1 aliphatic heterocycles. The minimum atomic E-state index is -2.38. The van der Waals surface area contributed by atoms with E-state index < -0.39 is 8.80 Å². The minimum absolute atomic E-state index is 0.476. The molecule has 1 fully saturated rings. The summed E-state index contributed by atoms with van der Waals surface area (Å²) in [4.78, 5) is 0. The Morgan fingerprint density at radius 1 is 1.25 bits per heavy atom. The van der Waals surface area contributed by atoms with E-state index >= 15 is 0 Å². The van der Waals surface area contributed by atoms with Crippen LogP contribution in [0, 0.1) is 0 Å². The Hall–Kier alpha value is 1.09. The van der Waals surface area contributed by atoms with Crippen molar-refractivity contribution >= 4 is 29.2 Å². The summed E-state index contributed by atoms with van der Waals surface area (Å²) in [5.74, 6) is 0. The fourth-order valence-electron chi connectivity index (χ4n) is 2.04. The van der Waals surface area contributed by atoms with Crippen LogP contribution in [0.3, 0.4) is 0 Å². The van der Waals surface area contributed by atoms with E-state index in [4.69, 9.17) is 33.7 Å². The summed E-state index contributed by atoms with van der Waals surface area (Å²) in [6.45, 7) is 2.74. The first-order valence-electron chi connectivity index (χ1n) is 6.45. The zero-order valence-corrected chi connectivity index (χ0v) is 15.7. The van der Waals surface area contributed by atoms with Gasteiger partial charge < -0.3 is 23.9 Å². The van der Waals surface area contributed by atoms with Crippen LogP contribution in [0.1, 0.15) is 19.3 Å². The molecule has 1 unspecified atom stereocenters. The SMILES string of the molecule is CO[Si](CCC[N-]CC1CCC[N-]1)(OC)OC.[Cl][Ni+2][Cl]. The molecule has 0 radical (unpaired) electrons. The Kier molecular flexibility index (Phi) is 14.5. The zero-order valence-electron chi connectivity index (χ0n) is 12.2. The van der Waals surface area contributed by atoms with Crippen molar-refractivity contribution in [3.63, 3.8) is 0 Å². The predicted molar refractivity (Wildman–Crippen MR) is 82.3 cm³/mol. The van der Waals surface area contributed by atoms with Crippen LogP contribution >= 0.6 is 20.4 Å². The van der Waals surface area contributed by atoms with Crippen LogP contribution in [-0.4, -0.2) is 55.8 Å². The van der Waals surface area contributed by atoms with Gasteiger partial charge in [-0.1, -0.05) is 19.3 Å². The first kappa shape index (κ1) is 21.1. The van der Waals surface area contributed by atoms with Gasteiger partial charge in [-0.25, -0.2) is 0 Å². The van der Waals surface area contributed by atoms with E-state index in [0.29, 0.717) is 18.7 Å². The second-order valence-electron chi connectivity index (χ2n) is 4.28. The number of halogens is 2. The fourth-order valence-corrected chi connectivity index (χ4v) is 3.75. The topological polar surface area (TPSA) is 55.9 Å². The van der Waals surface area contributed by atoms with Crippen molar-refractivity contribution in [2.24, 2.45) is 0 Å². The van der Waals surface area contributed by atoms with Crippen molar-refractivity contribution in [1.29, 1.82) is 0 Å². The van der Waals surface area contributed by atoms with Gasteiger partial charge in [0.25, 0.3) is 0 Å². The fraction of sp³-hybridized carbons (Fsp3) is 1.00. The zero-order chi connectivity index (χ0) is 15.3. The molecular weight excluding hydrogens is 366 g/mol. The number of hydrogen-bond acceptors (Lipinski definition) is 3. The van der Waals surface area contributed by atoms with E-state index in [2.05, 4.69) is 10.6 Å². The van der Waals surface area contributed by atoms with Crippen LogP contribution < -0.4 is 0 Å². The molecule has 9 heteroatoms. The van der Waals surface area contributed by atoms with Crippen LogP contribution in [-0.2, 0) is 25.9 Å². The molecule has 20 heavy (non-hydrogen) atoms. The van der Waals surface area contributed by atoms with Gasteiger partial charge in [-0.3, -0.25) is 0 Å². The molecule has 0 aliphatic carbocycles. The van der Waals surface area contributed by atoms with Gasteiger partial charge >= 0.3 is 41.8 Å². The number of rotatable bonds is 9. The molecule has 0 amide bonds. The molecule has 0 aromatic heterocycles. The average Bonchev–Trinajstić information content (AvgIpc) is 2.98. The first-order chi connectivity index (χ1) is 9.67. The van der Waals surface area contributed by atoms with Gasteiger partial charge in [0, 0.05) is 27.4 Å². The Morgan fingerprint density at radius 3 is 2.30 bits per heavy atom. The second-order valence-corrected chi connectivity index (χ2v) is 9.00. The molecular formula is C11H24Cl2N2NiO3Si. The van der Waals surface area contributed by atoms with Crippen LogP contribution in [0.15, 0.2) is 0 Å². The second kappa shape index (κ2) is 13.7. The molecule has 1 aliphatic rings. The molecule has 1 heterocycles. The predicted octanol–water partition coefficient (Wildman–Crippen LogP) is 3.54. The van der Waals surface area contributed by atoms with E-state index in [-0.39, 0.29) is 0 Å². The summed E-state index contributed by atoms with van der Waals surface area (Å²) in [6.07, 6.45) is 3.39. The van der Waals surface area contributed by atoms with E-state index in [1.54, 1.807) is 21.3 Å². The quantitative estimate of drug-likeness (QED) is 0.447. The average molecular weight is 390 g/mol. The Balaban J connectivity index is 0.00000110. The Bertz CT molecular complexity index is 216. The molecule has 0 aromatic rings. The number of nitrogens with zero attached hydrogens (tertiary/aromatic N) is 2. The molecule has 1 rings (SSSR count). The summed E-state index contributed by atoms with van der Waals surface area (Å²) < 4.78 is 16.1. The van der Waals surface area contributed by atoms with Gasteiger partial charge in [0.05, 0.1) is 0 Å². The number of hydrogen-bond donors (Lipinski definition) is 0. The molecule has 0 spiro atoms. The third-order valence-corrected chi connectivity index (χ3v) is 5.99. The van der Waals surface area contributed by atoms with Gasteiger partial charge in [0.15, 0.2) is 0 Å². The standard InChI is InChI=1S/C11H24N2O3Si.2ClH.Ni/c1-14-17(15-2,16-3)9-5-7-12-10-11-6-4-8-13-11;;;/h11H,4-10H2,1-3H3;2*1H;/q-2;;;+4/p-2. The Labute approximate surface area is 138 Å².